The van der Waals surface area contributed by atoms with Crippen LogP contribution in [0.15, 0.2) is 36.7 Å². The highest BCUT2D eigenvalue weighted by molar-refractivity contribution is 5.94. The molecule has 4 rings (SSSR count). The molecule has 30 heavy (non-hydrogen) atoms. The molecule has 0 radical (unpaired) electrons. The van der Waals surface area contributed by atoms with E-state index in [1.54, 1.807) is 13.1 Å². The second-order valence-electron chi connectivity index (χ2n) is 7.97. The van der Waals surface area contributed by atoms with Gasteiger partial charge in [-0.2, -0.15) is 5.26 Å². The molecule has 2 aromatic rings. The number of rotatable bonds is 3. The zero-order chi connectivity index (χ0) is 21.3. The number of carbonyl (C=O) groups is 1. The van der Waals surface area contributed by atoms with Crippen molar-refractivity contribution in [3.63, 3.8) is 0 Å². The van der Waals surface area contributed by atoms with Gasteiger partial charge < -0.3 is 15.5 Å². The molecule has 2 N–H and O–H groups in total. The molecule has 2 aliphatic heterocycles. The Morgan fingerprint density at radius 1 is 1.30 bits per heavy atom. The number of anilines is 2. The minimum absolute atomic E-state index is 0.0304. The van der Waals surface area contributed by atoms with Crippen LogP contribution >= 0.6 is 0 Å². The van der Waals surface area contributed by atoms with E-state index >= 15 is 0 Å². The van der Waals surface area contributed by atoms with Crippen LogP contribution in [0.5, 0.6) is 0 Å². The summed E-state index contributed by atoms with van der Waals surface area (Å²) in [5.74, 6) is 0.809. The fourth-order valence-corrected chi connectivity index (χ4v) is 4.41. The topological polar surface area (TPSA) is 93.9 Å². The van der Waals surface area contributed by atoms with Gasteiger partial charge >= 0.3 is 0 Å². The van der Waals surface area contributed by atoms with E-state index in [4.69, 9.17) is 5.26 Å². The lowest BCUT2D eigenvalue weighted by atomic mass is 9.81. The molecule has 1 aromatic heterocycles. The number of hydrogen-bond donors (Lipinski definition) is 2. The second-order valence-corrected chi connectivity index (χ2v) is 7.97. The van der Waals surface area contributed by atoms with Crippen molar-refractivity contribution in [1.29, 1.82) is 5.26 Å². The Hall–Kier alpha value is -3.24. The van der Waals surface area contributed by atoms with Gasteiger partial charge in [0, 0.05) is 31.1 Å². The molecule has 2 aliphatic rings. The predicted molar refractivity (Wildman–Crippen MR) is 117 cm³/mol. The van der Waals surface area contributed by atoms with Crippen LogP contribution in [-0.2, 0) is 4.79 Å². The number of benzene rings is 1. The number of amides is 1. The maximum Gasteiger partial charge on any atom is 0.224 e. The van der Waals surface area contributed by atoms with Crippen molar-refractivity contribution in [2.45, 2.75) is 39.3 Å². The second kappa shape index (κ2) is 8.25. The Morgan fingerprint density at radius 2 is 2.13 bits per heavy atom. The van der Waals surface area contributed by atoms with Crippen LogP contribution in [0, 0.1) is 17.2 Å². The van der Waals surface area contributed by atoms with Crippen LogP contribution in [0.25, 0.3) is 5.57 Å². The fraction of sp³-hybridized carbons (Fsp3) is 0.391. The van der Waals surface area contributed by atoms with Gasteiger partial charge in [0.2, 0.25) is 5.91 Å². The van der Waals surface area contributed by atoms with Crippen LogP contribution < -0.4 is 15.5 Å². The van der Waals surface area contributed by atoms with E-state index in [0.717, 1.165) is 30.8 Å². The maximum atomic E-state index is 12.5. The molecule has 1 amide bonds. The summed E-state index contributed by atoms with van der Waals surface area (Å²) in [5, 5.41) is 15.8. The molecule has 7 nitrogen and oxygen atoms in total. The van der Waals surface area contributed by atoms with Gasteiger partial charge in [-0.05, 0) is 48.7 Å². The minimum atomic E-state index is -0.0323. The molecular formula is C23H26N6O. The normalized spacial score (nSPS) is 23.2. The molecule has 0 spiro atoms. The summed E-state index contributed by atoms with van der Waals surface area (Å²) < 4.78 is 0. The van der Waals surface area contributed by atoms with E-state index in [9.17, 15) is 4.79 Å². The van der Waals surface area contributed by atoms with Crippen molar-refractivity contribution in [2.24, 2.45) is 5.92 Å². The van der Waals surface area contributed by atoms with E-state index in [1.165, 1.54) is 17.3 Å². The summed E-state index contributed by atoms with van der Waals surface area (Å²) in [6, 6.07) is 8.38. The number of hydrogen-bond acceptors (Lipinski definition) is 6. The lowest BCUT2D eigenvalue weighted by Gasteiger charge is -2.44. The highest BCUT2D eigenvalue weighted by Gasteiger charge is 2.38. The Morgan fingerprint density at radius 3 is 2.77 bits per heavy atom. The minimum Gasteiger partial charge on any atom is -0.362 e. The van der Waals surface area contributed by atoms with Crippen molar-refractivity contribution in [3.8, 4) is 6.07 Å². The maximum absolute atomic E-state index is 12.5. The molecule has 3 heterocycles. The van der Waals surface area contributed by atoms with E-state index < -0.39 is 0 Å². The van der Waals surface area contributed by atoms with E-state index in [2.05, 4.69) is 58.7 Å². The standard InChI is InChI=1S/C23H26N6O/c1-14-15(2)29(16(3)30)21-5-4-18(17-6-8-25-9-7-17)10-20(21)23(14)28-22-13-26-19(11-24)12-27-22/h4-6,10,12-15,23,25H,7-9H2,1-3H3,(H,27,28)/t14-,15-,23?/m0/s1. The van der Waals surface area contributed by atoms with Gasteiger partial charge in [0.15, 0.2) is 5.69 Å². The first kappa shape index (κ1) is 20.0. The van der Waals surface area contributed by atoms with Crippen LogP contribution in [0.2, 0.25) is 0 Å². The Balaban J connectivity index is 1.77. The van der Waals surface area contributed by atoms with Crippen LogP contribution in [-0.4, -0.2) is 35.0 Å². The Labute approximate surface area is 176 Å². The SMILES string of the molecule is CC(=O)N1c2ccc(C3=CCNCC3)cc2C(Nc2cnc(C#N)cn2)[C@@H](C)[C@@H]1C. The smallest absolute Gasteiger partial charge is 0.224 e. The van der Waals surface area contributed by atoms with Gasteiger partial charge in [-0.3, -0.25) is 4.79 Å². The molecule has 0 saturated carbocycles. The zero-order valence-corrected chi connectivity index (χ0v) is 17.5. The molecule has 1 aromatic carbocycles. The van der Waals surface area contributed by atoms with Crippen molar-refractivity contribution in [1.82, 2.24) is 15.3 Å². The van der Waals surface area contributed by atoms with E-state index in [-0.39, 0.29) is 29.6 Å². The molecule has 3 atom stereocenters. The molecule has 7 heteroatoms. The third-order valence-corrected chi connectivity index (χ3v) is 6.16. The van der Waals surface area contributed by atoms with Gasteiger partial charge in [0.1, 0.15) is 11.9 Å². The highest BCUT2D eigenvalue weighted by Crippen LogP contribution is 2.43. The van der Waals surface area contributed by atoms with Gasteiger partial charge in [0.05, 0.1) is 18.4 Å². The van der Waals surface area contributed by atoms with Crippen molar-refractivity contribution in [2.75, 3.05) is 23.3 Å². The molecule has 154 valence electrons. The number of nitrogens with zero attached hydrogens (tertiary/aromatic N) is 4. The zero-order valence-electron chi connectivity index (χ0n) is 17.5. The summed E-state index contributed by atoms with van der Waals surface area (Å²) in [6.07, 6.45) is 6.28. The fourth-order valence-electron chi connectivity index (χ4n) is 4.41. The summed E-state index contributed by atoms with van der Waals surface area (Å²) in [7, 11) is 0. The monoisotopic (exact) mass is 402 g/mol. The molecule has 1 unspecified atom stereocenters. The average molecular weight is 403 g/mol. The third kappa shape index (κ3) is 3.66. The van der Waals surface area contributed by atoms with E-state index in [1.807, 2.05) is 11.0 Å². The Kier molecular flexibility index (Phi) is 5.51. The highest BCUT2D eigenvalue weighted by atomic mass is 16.2. The number of fused-ring (bicyclic) bond motifs is 1. The first-order valence-corrected chi connectivity index (χ1v) is 10.3. The first-order chi connectivity index (χ1) is 14.5. The van der Waals surface area contributed by atoms with Crippen molar-refractivity contribution in [3.05, 3.63) is 53.5 Å². The summed E-state index contributed by atoms with van der Waals surface area (Å²) >= 11 is 0. The van der Waals surface area contributed by atoms with Gasteiger partial charge in [-0.1, -0.05) is 19.1 Å². The summed E-state index contributed by atoms with van der Waals surface area (Å²) in [6.45, 7) is 7.70. The molecule has 0 aliphatic carbocycles. The number of nitriles is 1. The molecule has 0 bridgehead atoms. The van der Waals surface area contributed by atoms with Gasteiger partial charge in [-0.15, -0.1) is 0 Å². The van der Waals surface area contributed by atoms with Crippen molar-refractivity contribution < 1.29 is 4.79 Å². The largest absolute Gasteiger partial charge is 0.362 e. The van der Waals surface area contributed by atoms with Gasteiger partial charge in [0.25, 0.3) is 0 Å². The molecule has 0 fully saturated rings. The number of carbonyl (C=O) groups excluding carboxylic acids is 1. The van der Waals surface area contributed by atoms with Crippen molar-refractivity contribution >= 4 is 23.0 Å². The lowest BCUT2D eigenvalue weighted by molar-refractivity contribution is -0.117. The van der Waals surface area contributed by atoms with Crippen LogP contribution in [0.4, 0.5) is 11.5 Å². The van der Waals surface area contributed by atoms with Gasteiger partial charge in [-0.25, -0.2) is 9.97 Å². The number of nitrogens with one attached hydrogen (secondary N) is 2. The predicted octanol–water partition coefficient (Wildman–Crippen LogP) is 3.27. The Bertz CT molecular complexity index is 1020. The molecular weight excluding hydrogens is 376 g/mol. The lowest BCUT2D eigenvalue weighted by Crippen LogP contribution is -2.48. The quantitative estimate of drug-likeness (QED) is 0.818. The summed E-state index contributed by atoms with van der Waals surface area (Å²) in [4.78, 5) is 22.8. The average Bonchev–Trinajstić information content (AvgIpc) is 2.77. The van der Waals surface area contributed by atoms with Crippen LogP contribution in [0.1, 0.15) is 50.1 Å². The number of aromatic nitrogens is 2. The third-order valence-electron chi connectivity index (χ3n) is 6.16. The molecule has 0 saturated heterocycles. The van der Waals surface area contributed by atoms with Crippen LogP contribution in [0.3, 0.4) is 0 Å². The summed E-state index contributed by atoms with van der Waals surface area (Å²) in [5.41, 5.74) is 4.82. The van der Waals surface area contributed by atoms with E-state index in [0.29, 0.717) is 5.82 Å². The first-order valence-electron chi connectivity index (χ1n) is 10.3.